The summed E-state index contributed by atoms with van der Waals surface area (Å²) in [5.74, 6) is 2.34. The van der Waals surface area contributed by atoms with Gasteiger partial charge in [-0.2, -0.15) is 0 Å². The Kier molecular flexibility index (Phi) is 11.9. The summed E-state index contributed by atoms with van der Waals surface area (Å²) in [6.45, 7) is 7.15. The standard InChI is InChI=1S/C23H38N4O3.HI/c1-3-24-23(25-14-19(28)17-30-16-18-10-11-18)26-15-21(27-12-6-7-13-27)20-8-4-5-9-22(20)29-2;/h4-5,8-9,18-19,21,28H,3,6-7,10-17H2,1-2H3,(H2,24,25,26);1H. The minimum atomic E-state index is -0.581. The molecule has 0 spiro atoms. The fourth-order valence-corrected chi connectivity index (χ4v) is 3.87. The molecule has 0 radical (unpaired) electrons. The van der Waals surface area contributed by atoms with E-state index in [1.165, 1.54) is 31.2 Å². The maximum atomic E-state index is 10.2. The molecule has 1 aromatic rings. The van der Waals surface area contributed by atoms with Crippen LogP contribution in [0.15, 0.2) is 29.3 Å². The molecule has 0 bridgehead atoms. The highest BCUT2D eigenvalue weighted by Crippen LogP contribution is 2.31. The second-order valence-corrected chi connectivity index (χ2v) is 8.24. The number of guanidine groups is 1. The van der Waals surface area contributed by atoms with Gasteiger partial charge in [0.2, 0.25) is 0 Å². The number of aliphatic hydroxyl groups excluding tert-OH is 1. The summed E-state index contributed by atoms with van der Waals surface area (Å²) in [5.41, 5.74) is 1.19. The molecule has 1 saturated carbocycles. The van der Waals surface area contributed by atoms with E-state index in [1.54, 1.807) is 7.11 Å². The van der Waals surface area contributed by atoms with Crippen LogP contribution in [0.5, 0.6) is 5.75 Å². The first-order chi connectivity index (χ1) is 14.7. The highest BCUT2D eigenvalue weighted by atomic mass is 127. The van der Waals surface area contributed by atoms with E-state index in [4.69, 9.17) is 9.47 Å². The molecule has 0 aromatic heterocycles. The summed E-state index contributed by atoms with van der Waals surface area (Å²) < 4.78 is 11.2. The zero-order valence-corrected chi connectivity index (χ0v) is 21.2. The zero-order valence-electron chi connectivity index (χ0n) is 18.9. The number of likely N-dealkylation sites (tertiary alicyclic amines) is 1. The molecule has 176 valence electrons. The third-order valence-electron chi connectivity index (χ3n) is 5.71. The Hall–Kier alpha value is -1.10. The van der Waals surface area contributed by atoms with Gasteiger partial charge in [0.05, 0.1) is 32.4 Å². The van der Waals surface area contributed by atoms with Gasteiger partial charge in [-0.15, -0.1) is 24.0 Å². The van der Waals surface area contributed by atoms with E-state index in [2.05, 4.69) is 32.7 Å². The summed E-state index contributed by atoms with van der Waals surface area (Å²) >= 11 is 0. The van der Waals surface area contributed by atoms with E-state index in [1.807, 2.05) is 19.1 Å². The van der Waals surface area contributed by atoms with Crippen molar-refractivity contribution in [3.8, 4) is 5.75 Å². The van der Waals surface area contributed by atoms with E-state index >= 15 is 0 Å². The maximum Gasteiger partial charge on any atom is 0.191 e. The highest BCUT2D eigenvalue weighted by molar-refractivity contribution is 14.0. The van der Waals surface area contributed by atoms with Crippen molar-refractivity contribution in [2.24, 2.45) is 10.9 Å². The normalized spacial score (nSPS) is 18.9. The fourth-order valence-electron chi connectivity index (χ4n) is 3.87. The number of ether oxygens (including phenoxy) is 2. The number of methoxy groups -OCH3 is 1. The first-order valence-electron chi connectivity index (χ1n) is 11.4. The molecule has 3 N–H and O–H groups in total. The van der Waals surface area contributed by atoms with Gasteiger partial charge in [-0.25, -0.2) is 0 Å². The second-order valence-electron chi connectivity index (χ2n) is 8.24. The molecule has 2 unspecified atom stereocenters. The largest absolute Gasteiger partial charge is 0.496 e. The van der Waals surface area contributed by atoms with Crippen molar-refractivity contribution in [1.82, 2.24) is 15.5 Å². The first-order valence-corrected chi connectivity index (χ1v) is 11.4. The molecule has 31 heavy (non-hydrogen) atoms. The van der Waals surface area contributed by atoms with Gasteiger partial charge in [-0.3, -0.25) is 9.89 Å². The van der Waals surface area contributed by atoms with Crippen LogP contribution in [0.25, 0.3) is 0 Å². The van der Waals surface area contributed by atoms with Gasteiger partial charge in [0.1, 0.15) is 5.75 Å². The molecule has 1 aromatic carbocycles. The number of aliphatic imine (C=N–C) groups is 1. The minimum Gasteiger partial charge on any atom is -0.496 e. The molecule has 7 nitrogen and oxygen atoms in total. The van der Waals surface area contributed by atoms with E-state index in [9.17, 15) is 5.11 Å². The van der Waals surface area contributed by atoms with Gasteiger partial charge < -0.3 is 25.2 Å². The summed E-state index contributed by atoms with van der Waals surface area (Å²) in [7, 11) is 1.73. The van der Waals surface area contributed by atoms with Gasteiger partial charge in [0, 0.05) is 25.3 Å². The summed E-state index contributed by atoms with van der Waals surface area (Å²) in [5, 5.41) is 16.9. The number of rotatable bonds is 12. The SMILES string of the molecule is CCNC(=NCC(O)COCC1CC1)NCC(c1ccccc1OC)N1CCCC1.I. The molecule has 8 heteroatoms. The monoisotopic (exact) mass is 546 g/mol. The van der Waals surface area contributed by atoms with Crippen LogP contribution in [-0.4, -0.2) is 75.1 Å². The molecule has 3 rings (SSSR count). The molecular weight excluding hydrogens is 507 g/mol. The Morgan fingerprint density at radius 1 is 1.23 bits per heavy atom. The van der Waals surface area contributed by atoms with Crippen LogP contribution in [0.3, 0.4) is 0 Å². The number of aliphatic hydroxyl groups is 1. The van der Waals surface area contributed by atoms with E-state index < -0.39 is 6.10 Å². The average molecular weight is 546 g/mol. The fraction of sp³-hybridized carbons (Fsp3) is 0.696. The van der Waals surface area contributed by atoms with Crippen LogP contribution in [0.4, 0.5) is 0 Å². The van der Waals surface area contributed by atoms with E-state index in [0.29, 0.717) is 19.1 Å². The van der Waals surface area contributed by atoms with Gasteiger partial charge in [-0.1, -0.05) is 18.2 Å². The Morgan fingerprint density at radius 3 is 2.65 bits per heavy atom. The predicted molar refractivity (Wildman–Crippen MR) is 135 cm³/mol. The number of nitrogens with zero attached hydrogens (tertiary/aromatic N) is 2. The van der Waals surface area contributed by atoms with Gasteiger partial charge in [0.15, 0.2) is 5.96 Å². The topological polar surface area (TPSA) is 78.4 Å². The Balaban J connectivity index is 0.00000341. The Morgan fingerprint density at radius 2 is 1.97 bits per heavy atom. The van der Waals surface area contributed by atoms with Crippen molar-refractivity contribution in [2.75, 3.05) is 53.0 Å². The van der Waals surface area contributed by atoms with Crippen LogP contribution in [-0.2, 0) is 4.74 Å². The Bertz CT molecular complexity index is 666. The molecule has 2 fully saturated rings. The second kappa shape index (κ2) is 14.1. The lowest BCUT2D eigenvalue weighted by Gasteiger charge is -2.30. The summed E-state index contributed by atoms with van der Waals surface area (Å²) in [6.07, 6.45) is 4.39. The van der Waals surface area contributed by atoms with E-state index in [0.717, 1.165) is 44.5 Å². The van der Waals surface area contributed by atoms with Gasteiger partial charge in [0.25, 0.3) is 0 Å². The number of benzene rings is 1. The molecule has 0 amide bonds. The van der Waals surface area contributed by atoms with Crippen molar-refractivity contribution >= 4 is 29.9 Å². The predicted octanol–water partition coefficient (Wildman–Crippen LogP) is 2.79. The number of hydrogen-bond acceptors (Lipinski definition) is 5. The van der Waals surface area contributed by atoms with Crippen LogP contribution < -0.4 is 15.4 Å². The average Bonchev–Trinajstić information content (AvgIpc) is 3.43. The van der Waals surface area contributed by atoms with Gasteiger partial charge >= 0.3 is 0 Å². The van der Waals surface area contributed by atoms with Gasteiger partial charge in [-0.05, 0) is 57.7 Å². The maximum absolute atomic E-state index is 10.2. The third-order valence-corrected chi connectivity index (χ3v) is 5.71. The van der Waals surface area contributed by atoms with Crippen molar-refractivity contribution in [3.63, 3.8) is 0 Å². The van der Waals surface area contributed by atoms with Crippen LogP contribution in [0.1, 0.15) is 44.2 Å². The molecule has 1 aliphatic heterocycles. The quantitative estimate of drug-likeness (QED) is 0.213. The van der Waals surface area contributed by atoms with Crippen molar-refractivity contribution in [3.05, 3.63) is 29.8 Å². The van der Waals surface area contributed by atoms with Crippen molar-refractivity contribution in [2.45, 2.75) is 44.8 Å². The molecule has 1 saturated heterocycles. The number of hydrogen-bond donors (Lipinski definition) is 3. The van der Waals surface area contributed by atoms with Crippen molar-refractivity contribution in [1.29, 1.82) is 0 Å². The lowest BCUT2D eigenvalue weighted by Crippen LogP contribution is -2.43. The number of nitrogens with one attached hydrogen (secondary N) is 2. The molecule has 2 aliphatic rings. The molecular formula is C23H39IN4O3. The summed E-state index contributed by atoms with van der Waals surface area (Å²) in [4.78, 5) is 7.09. The van der Waals surface area contributed by atoms with Crippen LogP contribution in [0, 0.1) is 5.92 Å². The minimum absolute atomic E-state index is 0. The van der Waals surface area contributed by atoms with Crippen molar-refractivity contribution < 1.29 is 14.6 Å². The molecule has 1 aliphatic carbocycles. The molecule has 1 heterocycles. The lowest BCUT2D eigenvalue weighted by molar-refractivity contribution is 0.0368. The first kappa shape index (κ1) is 26.2. The smallest absolute Gasteiger partial charge is 0.191 e. The Labute approximate surface area is 204 Å². The summed E-state index contributed by atoms with van der Waals surface area (Å²) in [6, 6.07) is 8.46. The van der Waals surface area contributed by atoms with Crippen LogP contribution in [0.2, 0.25) is 0 Å². The third kappa shape index (κ3) is 8.75. The highest BCUT2D eigenvalue weighted by Gasteiger charge is 2.26. The van der Waals surface area contributed by atoms with E-state index in [-0.39, 0.29) is 30.0 Å². The molecule has 2 atom stereocenters. The lowest BCUT2D eigenvalue weighted by atomic mass is 10.0. The zero-order chi connectivity index (χ0) is 21.2. The number of halogens is 1. The number of para-hydroxylation sites is 1. The van der Waals surface area contributed by atoms with Crippen LogP contribution >= 0.6 is 24.0 Å².